The van der Waals surface area contributed by atoms with Crippen molar-refractivity contribution in [3.8, 4) is 16.9 Å². The molecule has 32 heavy (non-hydrogen) atoms. The van der Waals surface area contributed by atoms with E-state index in [1.165, 1.54) is 10.6 Å². The van der Waals surface area contributed by atoms with E-state index < -0.39 is 23.8 Å². The second-order valence-corrected chi connectivity index (χ2v) is 8.84. The monoisotopic (exact) mass is 446 g/mol. The maximum absolute atomic E-state index is 13.1. The quantitative estimate of drug-likeness (QED) is 0.459. The second kappa shape index (κ2) is 8.48. The van der Waals surface area contributed by atoms with Crippen LogP contribution in [-0.2, 0) is 11.0 Å². The molecule has 0 spiro atoms. The largest absolute Gasteiger partial charge is 0.493 e. The second-order valence-electron chi connectivity index (χ2n) is 8.84. The number of alkyl halides is 3. The van der Waals surface area contributed by atoms with Crippen LogP contribution >= 0.6 is 0 Å². The summed E-state index contributed by atoms with van der Waals surface area (Å²) in [6, 6.07) is 8.57. The molecule has 170 valence electrons. The van der Waals surface area contributed by atoms with Gasteiger partial charge >= 0.3 is 12.1 Å². The Kier molecular flexibility index (Phi) is 5.88. The molecule has 0 radical (unpaired) electrons. The molecule has 1 saturated carbocycles. The standard InChI is InChI=1S/C24H25F3N2O3/c1-14(2)9-19(23(30)31)16-5-6-20(32-13-15-3-4-15)18(10-16)17-7-8-29-12-21(24(25,26)27)28-22(29)11-17/h5-8,10-12,14-15,19H,3-4,9,13H2,1-2H3,(H,30,31). The lowest BCUT2D eigenvalue weighted by atomic mass is 9.88. The molecule has 1 aliphatic carbocycles. The van der Waals surface area contributed by atoms with Gasteiger partial charge in [0, 0.05) is 18.0 Å². The van der Waals surface area contributed by atoms with E-state index in [-0.39, 0.29) is 11.6 Å². The zero-order valence-corrected chi connectivity index (χ0v) is 17.9. The number of rotatable bonds is 8. The van der Waals surface area contributed by atoms with Gasteiger partial charge in [-0.2, -0.15) is 13.2 Å². The molecule has 0 saturated heterocycles. The number of carboxylic acid groups (broad SMARTS) is 1. The summed E-state index contributed by atoms with van der Waals surface area (Å²) < 4.78 is 46.5. The minimum absolute atomic E-state index is 0.158. The van der Waals surface area contributed by atoms with Crippen LogP contribution in [0.25, 0.3) is 16.8 Å². The van der Waals surface area contributed by atoms with Crippen LogP contribution in [0.2, 0.25) is 0 Å². The Morgan fingerprint density at radius 3 is 2.62 bits per heavy atom. The molecule has 0 amide bonds. The van der Waals surface area contributed by atoms with Crippen molar-refractivity contribution in [2.45, 2.75) is 45.2 Å². The van der Waals surface area contributed by atoms with Gasteiger partial charge in [0.15, 0.2) is 5.69 Å². The fourth-order valence-electron chi connectivity index (χ4n) is 3.74. The molecule has 2 aromatic heterocycles. The highest BCUT2D eigenvalue weighted by Gasteiger charge is 2.34. The number of carbonyl (C=O) groups is 1. The van der Waals surface area contributed by atoms with Crippen LogP contribution in [0.3, 0.4) is 0 Å². The lowest BCUT2D eigenvalue weighted by molar-refractivity contribution is -0.141. The number of aliphatic carboxylic acids is 1. The van der Waals surface area contributed by atoms with Crippen molar-refractivity contribution < 1.29 is 27.8 Å². The molecule has 3 aromatic rings. The van der Waals surface area contributed by atoms with Crippen molar-refractivity contribution in [1.82, 2.24) is 9.38 Å². The highest BCUT2D eigenvalue weighted by molar-refractivity contribution is 5.79. The maximum Gasteiger partial charge on any atom is 0.434 e. The average molecular weight is 446 g/mol. The molecule has 4 rings (SSSR count). The van der Waals surface area contributed by atoms with E-state index in [4.69, 9.17) is 4.74 Å². The van der Waals surface area contributed by atoms with Crippen LogP contribution in [0.1, 0.15) is 50.3 Å². The number of nitrogens with zero attached hydrogens (tertiary/aromatic N) is 2. The number of halogens is 3. The van der Waals surface area contributed by atoms with Crippen molar-refractivity contribution in [1.29, 1.82) is 0 Å². The first-order valence-corrected chi connectivity index (χ1v) is 10.7. The molecule has 1 unspecified atom stereocenters. The number of imidazole rings is 1. The van der Waals surface area contributed by atoms with E-state index in [2.05, 4.69) is 4.98 Å². The minimum Gasteiger partial charge on any atom is -0.493 e. The first-order valence-electron chi connectivity index (χ1n) is 10.7. The van der Waals surface area contributed by atoms with Gasteiger partial charge in [0.2, 0.25) is 0 Å². The molecule has 0 bridgehead atoms. The van der Waals surface area contributed by atoms with Gasteiger partial charge in [-0.25, -0.2) is 4.98 Å². The fourth-order valence-corrected chi connectivity index (χ4v) is 3.74. The number of carboxylic acids is 1. The normalized spacial score (nSPS) is 15.3. The summed E-state index contributed by atoms with van der Waals surface area (Å²) in [6.07, 6.45) is 0.643. The lowest BCUT2D eigenvalue weighted by Gasteiger charge is -2.18. The van der Waals surface area contributed by atoms with Gasteiger partial charge in [0.1, 0.15) is 11.4 Å². The predicted octanol–water partition coefficient (Wildman–Crippen LogP) is 6.02. The summed E-state index contributed by atoms with van der Waals surface area (Å²) in [4.78, 5) is 15.6. The van der Waals surface area contributed by atoms with Gasteiger partial charge < -0.3 is 14.2 Å². The van der Waals surface area contributed by atoms with E-state index in [1.54, 1.807) is 30.3 Å². The Bertz CT molecular complexity index is 1130. The number of hydrogen-bond acceptors (Lipinski definition) is 3. The minimum atomic E-state index is -4.53. The van der Waals surface area contributed by atoms with Crippen molar-refractivity contribution >= 4 is 11.6 Å². The topological polar surface area (TPSA) is 63.8 Å². The number of ether oxygens (including phenoxy) is 1. The molecule has 5 nitrogen and oxygen atoms in total. The van der Waals surface area contributed by atoms with E-state index >= 15 is 0 Å². The van der Waals surface area contributed by atoms with Crippen LogP contribution in [0.5, 0.6) is 5.75 Å². The van der Waals surface area contributed by atoms with Crippen molar-refractivity contribution in [2.24, 2.45) is 11.8 Å². The van der Waals surface area contributed by atoms with Crippen molar-refractivity contribution in [3.63, 3.8) is 0 Å². The summed E-state index contributed by atoms with van der Waals surface area (Å²) >= 11 is 0. The Hall–Kier alpha value is -3.03. The molecule has 1 fully saturated rings. The summed E-state index contributed by atoms with van der Waals surface area (Å²) in [5.74, 6) is -0.305. The maximum atomic E-state index is 13.1. The molecule has 1 atom stereocenters. The van der Waals surface area contributed by atoms with Crippen molar-refractivity contribution in [3.05, 3.63) is 54.0 Å². The van der Waals surface area contributed by atoms with Gasteiger partial charge in [0.25, 0.3) is 0 Å². The van der Waals surface area contributed by atoms with E-state index in [1.807, 2.05) is 13.8 Å². The highest BCUT2D eigenvalue weighted by atomic mass is 19.4. The number of hydrogen-bond donors (Lipinski definition) is 1. The van der Waals surface area contributed by atoms with Gasteiger partial charge in [-0.05, 0) is 66.5 Å². The van der Waals surface area contributed by atoms with Crippen LogP contribution in [0.4, 0.5) is 13.2 Å². The summed E-state index contributed by atoms with van der Waals surface area (Å²) in [5.41, 5.74) is 1.11. The molecular weight excluding hydrogens is 421 g/mol. The summed E-state index contributed by atoms with van der Waals surface area (Å²) in [7, 11) is 0. The SMILES string of the molecule is CC(C)CC(C(=O)O)c1ccc(OCC2CC2)c(-c2ccn3cc(C(F)(F)F)nc3c2)c1. The smallest absolute Gasteiger partial charge is 0.434 e. The van der Waals surface area contributed by atoms with E-state index in [9.17, 15) is 23.1 Å². The van der Waals surface area contributed by atoms with Gasteiger partial charge in [0.05, 0.1) is 12.5 Å². The van der Waals surface area contributed by atoms with Crippen LogP contribution < -0.4 is 4.74 Å². The Labute approximate surface area is 183 Å². The molecule has 0 aliphatic heterocycles. The molecule has 2 heterocycles. The fraction of sp³-hybridized carbons (Fsp3) is 0.417. The Morgan fingerprint density at radius 1 is 1.25 bits per heavy atom. The first-order chi connectivity index (χ1) is 15.1. The average Bonchev–Trinajstić information content (AvgIpc) is 3.44. The third kappa shape index (κ3) is 4.89. The van der Waals surface area contributed by atoms with Crippen molar-refractivity contribution in [2.75, 3.05) is 6.61 Å². The molecule has 1 aliphatic rings. The summed E-state index contributed by atoms with van der Waals surface area (Å²) in [5, 5.41) is 9.76. The molecular formula is C24H25F3N2O3. The van der Waals surface area contributed by atoms with E-state index in [0.29, 0.717) is 41.4 Å². The summed E-state index contributed by atoms with van der Waals surface area (Å²) in [6.45, 7) is 4.49. The molecule has 1 N–H and O–H groups in total. The zero-order valence-electron chi connectivity index (χ0n) is 17.9. The van der Waals surface area contributed by atoms with Crippen LogP contribution in [0.15, 0.2) is 42.7 Å². The Morgan fingerprint density at radius 2 is 2.00 bits per heavy atom. The number of fused-ring (bicyclic) bond motifs is 1. The number of pyridine rings is 1. The third-order valence-corrected chi connectivity index (χ3v) is 5.64. The van der Waals surface area contributed by atoms with E-state index in [0.717, 1.165) is 19.0 Å². The molecule has 8 heteroatoms. The molecule has 1 aromatic carbocycles. The van der Waals surface area contributed by atoms with Crippen LogP contribution in [-0.4, -0.2) is 27.1 Å². The third-order valence-electron chi connectivity index (χ3n) is 5.64. The lowest BCUT2D eigenvalue weighted by Crippen LogP contribution is -2.14. The van der Waals surface area contributed by atoms with Crippen LogP contribution in [0, 0.1) is 11.8 Å². The first kappa shape index (κ1) is 22.2. The highest BCUT2D eigenvalue weighted by Crippen LogP contribution is 2.38. The predicted molar refractivity (Wildman–Crippen MR) is 114 cm³/mol. The Balaban J connectivity index is 1.77. The number of benzene rings is 1. The zero-order chi connectivity index (χ0) is 23.0. The van der Waals surface area contributed by atoms with Gasteiger partial charge in [-0.15, -0.1) is 0 Å². The van der Waals surface area contributed by atoms with Gasteiger partial charge in [-0.1, -0.05) is 19.9 Å². The van der Waals surface area contributed by atoms with Gasteiger partial charge in [-0.3, -0.25) is 4.79 Å². The number of aromatic nitrogens is 2.